The summed E-state index contributed by atoms with van der Waals surface area (Å²) in [6.07, 6.45) is 6.02. The van der Waals surface area contributed by atoms with Crippen molar-refractivity contribution in [3.63, 3.8) is 0 Å². The van der Waals surface area contributed by atoms with E-state index < -0.39 is 0 Å². The molecule has 0 bridgehead atoms. The number of methoxy groups -OCH3 is 1. The first-order valence-electron chi connectivity index (χ1n) is 10.6. The number of rotatable bonds is 2. The van der Waals surface area contributed by atoms with Gasteiger partial charge in [-0.25, -0.2) is 0 Å². The summed E-state index contributed by atoms with van der Waals surface area (Å²) in [6.45, 7) is 3.22. The van der Waals surface area contributed by atoms with E-state index in [2.05, 4.69) is 60.8 Å². The van der Waals surface area contributed by atoms with Gasteiger partial charge in [0.05, 0.1) is 12.7 Å². The highest BCUT2D eigenvalue weighted by molar-refractivity contribution is 5.78. The van der Waals surface area contributed by atoms with Gasteiger partial charge < -0.3 is 14.8 Å². The number of nitrogens with one attached hydrogen (secondary N) is 1. The molecule has 0 spiro atoms. The lowest BCUT2D eigenvalue weighted by Gasteiger charge is -2.52. The highest BCUT2D eigenvalue weighted by atomic mass is 16.5. The van der Waals surface area contributed by atoms with Crippen molar-refractivity contribution in [3.8, 4) is 5.75 Å². The van der Waals surface area contributed by atoms with Crippen LogP contribution in [0.3, 0.4) is 0 Å². The monoisotopic (exact) mass is 373 g/mol. The number of fused-ring (bicyclic) bond motifs is 4. The quantitative estimate of drug-likeness (QED) is 0.817. The minimum absolute atomic E-state index is 0.121. The van der Waals surface area contributed by atoms with Crippen LogP contribution in [0.4, 0.5) is 0 Å². The molecule has 1 N–H and O–H groups in total. The molecule has 0 saturated carbocycles. The largest absolute Gasteiger partial charge is 0.497 e. The molecule has 2 fully saturated rings. The first-order chi connectivity index (χ1) is 13.7. The van der Waals surface area contributed by atoms with Gasteiger partial charge in [0.25, 0.3) is 0 Å². The zero-order chi connectivity index (χ0) is 18.9. The molecule has 5 atom stereocenters. The Hall–Kier alpha value is -2.10. The van der Waals surface area contributed by atoms with Crippen LogP contribution in [-0.2, 0) is 11.2 Å². The number of aryl methyl sites for hydroxylation is 1. The molecule has 0 amide bonds. The van der Waals surface area contributed by atoms with Crippen LogP contribution in [0.15, 0.2) is 48.5 Å². The highest BCUT2D eigenvalue weighted by Gasteiger charge is 2.57. The van der Waals surface area contributed by atoms with Crippen LogP contribution < -0.4 is 10.1 Å². The van der Waals surface area contributed by atoms with Crippen LogP contribution in [0, 0.1) is 11.8 Å². The molecule has 4 aliphatic rings. The summed E-state index contributed by atoms with van der Waals surface area (Å²) in [5.74, 6) is 1.78. The molecular weight excluding hydrogens is 346 g/mol. The Kier molecular flexibility index (Phi) is 3.57. The molecule has 6 rings (SSSR count). The lowest BCUT2D eigenvalue weighted by molar-refractivity contribution is -0.0824. The predicted molar refractivity (Wildman–Crippen MR) is 110 cm³/mol. The standard InChI is InChI=1S/C25H27NO2/c1-25-20(12-13-28-25)23(16-8-10-18(27-2)11-9-16)26-24-19-5-3-4-15-6-7-17(22(15)19)14-21(24)25/h3-5,8-11,14,20-21,23-24,26H,6-7,12-13H2,1-2H3/t20-,21?,23-,24?,25-/m0/s1. The smallest absolute Gasteiger partial charge is 0.118 e. The predicted octanol–water partition coefficient (Wildman–Crippen LogP) is 4.84. The third-order valence-corrected chi connectivity index (χ3v) is 7.72. The molecule has 28 heavy (non-hydrogen) atoms. The van der Waals surface area contributed by atoms with Crippen LogP contribution >= 0.6 is 0 Å². The minimum Gasteiger partial charge on any atom is -0.497 e. The van der Waals surface area contributed by atoms with Crippen molar-refractivity contribution < 1.29 is 9.47 Å². The Morgan fingerprint density at radius 2 is 1.93 bits per heavy atom. The summed E-state index contributed by atoms with van der Waals surface area (Å²) in [7, 11) is 1.72. The second kappa shape index (κ2) is 5.95. The lowest BCUT2D eigenvalue weighted by Crippen LogP contribution is -2.56. The van der Waals surface area contributed by atoms with Crippen molar-refractivity contribution in [3.05, 3.63) is 70.8 Å². The van der Waals surface area contributed by atoms with Crippen molar-refractivity contribution >= 4 is 5.57 Å². The van der Waals surface area contributed by atoms with E-state index in [0.29, 0.717) is 23.9 Å². The molecule has 2 aliphatic carbocycles. The Morgan fingerprint density at radius 3 is 2.75 bits per heavy atom. The Labute approximate surface area is 166 Å². The number of allylic oxidation sites excluding steroid dienone is 1. The van der Waals surface area contributed by atoms with Gasteiger partial charge in [-0.05, 0) is 66.1 Å². The molecule has 2 unspecified atom stereocenters. The van der Waals surface area contributed by atoms with E-state index >= 15 is 0 Å². The lowest BCUT2D eigenvalue weighted by atomic mass is 9.63. The van der Waals surface area contributed by atoms with Crippen molar-refractivity contribution in [2.45, 2.75) is 43.9 Å². The van der Waals surface area contributed by atoms with Gasteiger partial charge in [-0.3, -0.25) is 0 Å². The average Bonchev–Trinajstić information content (AvgIpc) is 3.33. The molecule has 3 nitrogen and oxygen atoms in total. The van der Waals surface area contributed by atoms with Crippen LogP contribution in [0.25, 0.3) is 5.57 Å². The first kappa shape index (κ1) is 16.8. The zero-order valence-electron chi connectivity index (χ0n) is 16.6. The van der Waals surface area contributed by atoms with Crippen LogP contribution in [0.1, 0.15) is 54.1 Å². The fourth-order valence-corrected chi connectivity index (χ4v) is 6.33. The van der Waals surface area contributed by atoms with E-state index in [0.717, 1.165) is 18.8 Å². The van der Waals surface area contributed by atoms with Gasteiger partial charge >= 0.3 is 0 Å². The molecular formula is C25H27NO2. The zero-order valence-corrected chi connectivity index (χ0v) is 16.6. The van der Waals surface area contributed by atoms with E-state index in [1.54, 1.807) is 12.7 Å². The van der Waals surface area contributed by atoms with E-state index in [4.69, 9.17) is 9.47 Å². The van der Waals surface area contributed by atoms with Gasteiger partial charge in [-0.2, -0.15) is 0 Å². The Morgan fingerprint density at radius 1 is 1.07 bits per heavy atom. The van der Waals surface area contributed by atoms with E-state index in [1.165, 1.54) is 35.1 Å². The second-order valence-electron chi connectivity index (χ2n) is 8.92. The summed E-state index contributed by atoms with van der Waals surface area (Å²) in [6, 6.07) is 16.1. The van der Waals surface area contributed by atoms with Crippen molar-refractivity contribution in [2.75, 3.05) is 13.7 Å². The molecule has 2 aliphatic heterocycles. The number of piperidine rings is 1. The molecule has 3 heteroatoms. The van der Waals surface area contributed by atoms with Crippen molar-refractivity contribution in [2.24, 2.45) is 11.8 Å². The van der Waals surface area contributed by atoms with Crippen LogP contribution in [0.2, 0.25) is 0 Å². The molecule has 2 saturated heterocycles. The molecule has 0 radical (unpaired) electrons. The molecule has 2 heterocycles. The fourth-order valence-electron chi connectivity index (χ4n) is 6.33. The van der Waals surface area contributed by atoms with E-state index in [1.807, 2.05) is 0 Å². The van der Waals surface area contributed by atoms with Crippen molar-refractivity contribution in [1.82, 2.24) is 5.32 Å². The molecule has 2 aromatic rings. The third kappa shape index (κ3) is 2.18. The van der Waals surface area contributed by atoms with Gasteiger partial charge in [0.1, 0.15) is 5.75 Å². The molecule has 0 aromatic heterocycles. The summed E-state index contributed by atoms with van der Waals surface area (Å²) >= 11 is 0. The highest BCUT2D eigenvalue weighted by Crippen LogP contribution is 2.57. The van der Waals surface area contributed by atoms with Crippen molar-refractivity contribution in [1.29, 1.82) is 0 Å². The van der Waals surface area contributed by atoms with Gasteiger partial charge in [0.2, 0.25) is 0 Å². The maximum Gasteiger partial charge on any atom is 0.118 e. The maximum atomic E-state index is 6.53. The van der Waals surface area contributed by atoms with Crippen LogP contribution in [0.5, 0.6) is 5.75 Å². The summed E-state index contributed by atoms with van der Waals surface area (Å²) < 4.78 is 11.9. The summed E-state index contributed by atoms with van der Waals surface area (Å²) in [5.41, 5.74) is 7.28. The number of ether oxygens (including phenoxy) is 2. The number of hydrogen-bond donors (Lipinski definition) is 1. The summed E-state index contributed by atoms with van der Waals surface area (Å²) in [5, 5.41) is 4.07. The van der Waals surface area contributed by atoms with Gasteiger partial charge in [0.15, 0.2) is 0 Å². The minimum atomic E-state index is -0.121. The normalized spacial score (nSPS) is 35.0. The number of benzene rings is 2. The fraction of sp³-hybridized carbons (Fsp3) is 0.440. The average molecular weight is 373 g/mol. The SMILES string of the molecule is COc1ccc([C@@H]2NC3c4cccc5c4C(=CC3[C@@]3(C)OCC[C@@H]23)CC5)cc1. The maximum absolute atomic E-state index is 6.53. The second-order valence-corrected chi connectivity index (χ2v) is 8.92. The van der Waals surface area contributed by atoms with Gasteiger partial charge in [-0.15, -0.1) is 0 Å². The first-order valence-corrected chi connectivity index (χ1v) is 10.6. The molecule has 144 valence electrons. The van der Waals surface area contributed by atoms with Crippen LogP contribution in [-0.4, -0.2) is 19.3 Å². The Bertz CT molecular complexity index is 963. The Balaban J connectivity index is 1.48. The topological polar surface area (TPSA) is 30.5 Å². The van der Waals surface area contributed by atoms with E-state index in [9.17, 15) is 0 Å². The van der Waals surface area contributed by atoms with Gasteiger partial charge in [-0.1, -0.05) is 36.4 Å². The molecule has 2 aromatic carbocycles. The number of hydrogen-bond acceptors (Lipinski definition) is 3. The van der Waals surface area contributed by atoms with Gasteiger partial charge in [0, 0.05) is 30.5 Å². The third-order valence-electron chi connectivity index (χ3n) is 7.72. The summed E-state index contributed by atoms with van der Waals surface area (Å²) in [4.78, 5) is 0. The van der Waals surface area contributed by atoms with E-state index in [-0.39, 0.29) is 5.60 Å².